The van der Waals surface area contributed by atoms with Gasteiger partial charge in [0, 0.05) is 13.7 Å². The first kappa shape index (κ1) is 28.0. The molecule has 0 heterocycles. The molecule has 35 heavy (non-hydrogen) atoms. The van der Waals surface area contributed by atoms with E-state index >= 15 is 0 Å². The summed E-state index contributed by atoms with van der Waals surface area (Å²) < 4.78 is 13.1. The highest BCUT2D eigenvalue weighted by Crippen LogP contribution is 2.37. The topological polar surface area (TPSA) is 18.5 Å². The minimum Gasteiger partial charge on any atom is -0.407 e. The molecule has 0 aromatic heterocycles. The molecule has 0 radical (unpaired) electrons. The molecule has 3 aromatic rings. The lowest BCUT2D eigenvalue weighted by Gasteiger charge is -2.43. The molecule has 5 heteroatoms. The summed E-state index contributed by atoms with van der Waals surface area (Å²) in [7, 11) is -0.755. The summed E-state index contributed by atoms with van der Waals surface area (Å²) in [6.45, 7) is 9.79. The summed E-state index contributed by atoms with van der Waals surface area (Å²) in [5.41, 5.74) is 1.17. The van der Waals surface area contributed by atoms with E-state index in [-0.39, 0.29) is 11.1 Å². The average molecular weight is 530 g/mol. The third-order valence-corrected chi connectivity index (χ3v) is 12.7. The number of hydrogen-bond donors (Lipinski definition) is 0. The normalized spacial score (nSPS) is 14.0. The second kappa shape index (κ2) is 12.6. The van der Waals surface area contributed by atoms with Gasteiger partial charge in [0.15, 0.2) is 0 Å². The Morgan fingerprint density at radius 3 is 1.86 bits per heavy atom. The van der Waals surface area contributed by atoms with Gasteiger partial charge in [-0.15, -0.1) is 0 Å². The van der Waals surface area contributed by atoms with Gasteiger partial charge in [-0.25, -0.2) is 0 Å². The van der Waals surface area contributed by atoms with Crippen LogP contribution < -0.4 is 10.4 Å². The van der Waals surface area contributed by atoms with Gasteiger partial charge in [-0.3, -0.25) is 0 Å². The minimum atomic E-state index is -2.56. The van der Waals surface area contributed by atoms with Crippen LogP contribution >= 0.6 is 23.2 Å². The second-order valence-corrected chi connectivity index (χ2v) is 15.3. The van der Waals surface area contributed by atoms with Gasteiger partial charge in [-0.1, -0.05) is 118 Å². The van der Waals surface area contributed by atoms with Crippen LogP contribution in [0, 0.1) is 5.92 Å². The number of ether oxygens (including phenoxy) is 1. The molecule has 3 aromatic carbocycles. The van der Waals surface area contributed by atoms with Gasteiger partial charge in [0.05, 0.1) is 16.1 Å². The maximum Gasteiger partial charge on any atom is 0.261 e. The summed E-state index contributed by atoms with van der Waals surface area (Å²) in [5.74, 6) is 0.306. The van der Waals surface area contributed by atoms with E-state index in [2.05, 4.69) is 94.4 Å². The van der Waals surface area contributed by atoms with E-state index in [0.717, 1.165) is 19.3 Å². The highest BCUT2D eigenvalue weighted by atomic mass is 35.5. The van der Waals surface area contributed by atoms with E-state index in [1.165, 1.54) is 15.9 Å². The van der Waals surface area contributed by atoms with Crippen molar-refractivity contribution < 1.29 is 9.16 Å². The Morgan fingerprint density at radius 1 is 0.829 bits per heavy atom. The monoisotopic (exact) mass is 528 g/mol. The lowest BCUT2D eigenvalue weighted by Crippen LogP contribution is -2.66. The minimum absolute atomic E-state index is 0.0413. The third-order valence-electron chi connectivity index (χ3n) is 6.94. The molecule has 0 fully saturated rings. The number of methoxy groups -OCH3 is 1. The molecule has 0 bridgehead atoms. The molecule has 0 saturated heterocycles. The first-order valence-corrected chi connectivity index (χ1v) is 15.1. The fourth-order valence-electron chi connectivity index (χ4n) is 5.21. The van der Waals surface area contributed by atoms with E-state index in [4.69, 9.17) is 32.4 Å². The summed E-state index contributed by atoms with van der Waals surface area (Å²) in [4.78, 5) is 0. The molecular formula is C30H38Cl2O2Si. The van der Waals surface area contributed by atoms with Gasteiger partial charge in [0.2, 0.25) is 0 Å². The van der Waals surface area contributed by atoms with Crippen molar-refractivity contribution in [3.63, 3.8) is 0 Å². The zero-order valence-electron chi connectivity index (χ0n) is 21.6. The Hall–Kier alpha value is -1.62. The number of benzene rings is 3. The summed E-state index contributed by atoms with van der Waals surface area (Å²) in [5, 5.41) is 3.75. The van der Waals surface area contributed by atoms with Crippen molar-refractivity contribution >= 4 is 41.9 Å². The Bertz CT molecular complexity index is 1010. The summed E-state index contributed by atoms with van der Waals surface area (Å²) in [6, 6.07) is 27.5. The van der Waals surface area contributed by atoms with Crippen LogP contribution in [-0.2, 0) is 15.6 Å². The first-order chi connectivity index (χ1) is 16.7. The third kappa shape index (κ3) is 6.58. The predicted octanol–water partition coefficient (Wildman–Crippen LogP) is 7.54. The maximum absolute atomic E-state index is 7.15. The summed E-state index contributed by atoms with van der Waals surface area (Å²) in [6.07, 6.45) is 2.86. The van der Waals surface area contributed by atoms with Crippen molar-refractivity contribution in [3.8, 4) is 0 Å². The van der Waals surface area contributed by atoms with Gasteiger partial charge in [0.25, 0.3) is 8.32 Å². The zero-order chi connectivity index (χ0) is 25.5. The standard InChI is InChI=1S/C30H38Cl2O2Si/c1-6-29(33-5)24(21-23-17-18-27(31)28(32)22-23)19-20-34-35(30(2,3)4,25-13-9-7-10-14-25)26-15-11-8-12-16-26/h7-18,22,24,29H,6,19-21H2,1-5H3/t24-,29-/m1/s1. The van der Waals surface area contributed by atoms with Gasteiger partial charge in [-0.2, -0.15) is 0 Å². The van der Waals surface area contributed by atoms with Crippen LogP contribution in [0.5, 0.6) is 0 Å². The Labute approximate surface area is 222 Å². The summed E-state index contributed by atoms with van der Waals surface area (Å²) >= 11 is 12.5. The van der Waals surface area contributed by atoms with E-state index in [1.54, 1.807) is 7.11 Å². The van der Waals surface area contributed by atoms with Crippen LogP contribution in [-0.4, -0.2) is 28.1 Å². The molecular weight excluding hydrogens is 491 g/mol. The molecule has 2 atom stereocenters. The predicted molar refractivity (Wildman–Crippen MR) is 153 cm³/mol. The highest BCUT2D eigenvalue weighted by molar-refractivity contribution is 6.99. The van der Waals surface area contributed by atoms with Crippen molar-refractivity contribution in [1.82, 2.24) is 0 Å². The van der Waals surface area contributed by atoms with Crippen LogP contribution in [0.2, 0.25) is 15.1 Å². The Kier molecular flexibility index (Phi) is 10.0. The highest BCUT2D eigenvalue weighted by Gasteiger charge is 2.50. The van der Waals surface area contributed by atoms with Crippen LogP contribution in [0.15, 0.2) is 78.9 Å². The van der Waals surface area contributed by atoms with E-state index < -0.39 is 8.32 Å². The molecule has 0 aliphatic carbocycles. The molecule has 0 unspecified atom stereocenters. The van der Waals surface area contributed by atoms with Crippen molar-refractivity contribution in [2.45, 2.75) is 58.1 Å². The van der Waals surface area contributed by atoms with Gasteiger partial charge in [-0.05, 0) is 58.3 Å². The largest absolute Gasteiger partial charge is 0.407 e. The molecule has 0 spiro atoms. The number of rotatable bonds is 11. The molecule has 0 N–H and O–H groups in total. The fraction of sp³-hybridized carbons (Fsp3) is 0.400. The smallest absolute Gasteiger partial charge is 0.261 e. The molecule has 2 nitrogen and oxygen atoms in total. The lowest BCUT2D eigenvalue weighted by molar-refractivity contribution is 0.0394. The first-order valence-electron chi connectivity index (χ1n) is 12.4. The fourth-order valence-corrected chi connectivity index (χ4v) is 10.1. The van der Waals surface area contributed by atoms with Crippen molar-refractivity contribution in [1.29, 1.82) is 0 Å². The Balaban J connectivity index is 1.91. The van der Waals surface area contributed by atoms with Gasteiger partial charge < -0.3 is 9.16 Å². The van der Waals surface area contributed by atoms with E-state index in [9.17, 15) is 0 Å². The molecule has 0 amide bonds. The van der Waals surface area contributed by atoms with Crippen molar-refractivity contribution in [2.24, 2.45) is 5.92 Å². The SMILES string of the molecule is CC[C@@H](OC)[C@H](CCO[Si](c1ccccc1)(c1ccccc1)C(C)(C)C)Cc1ccc(Cl)c(Cl)c1. The molecule has 0 saturated carbocycles. The number of halogens is 2. The maximum atomic E-state index is 7.15. The van der Waals surface area contributed by atoms with Gasteiger partial charge >= 0.3 is 0 Å². The van der Waals surface area contributed by atoms with Gasteiger partial charge in [0.1, 0.15) is 0 Å². The average Bonchev–Trinajstić information content (AvgIpc) is 2.85. The van der Waals surface area contributed by atoms with E-state index in [0.29, 0.717) is 22.6 Å². The quantitative estimate of drug-likeness (QED) is 0.239. The van der Waals surface area contributed by atoms with Crippen LogP contribution in [0.3, 0.4) is 0 Å². The van der Waals surface area contributed by atoms with E-state index in [1.807, 2.05) is 12.1 Å². The van der Waals surface area contributed by atoms with Crippen LogP contribution in [0.25, 0.3) is 0 Å². The zero-order valence-corrected chi connectivity index (χ0v) is 24.1. The Morgan fingerprint density at radius 2 is 1.40 bits per heavy atom. The van der Waals surface area contributed by atoms with Crippen molar-refractivity contribution in [2.75, 3.05) is 13.7 Å². The lowest BCUT2D eigenvalue weighted by atomic mass is 9.90. The van der Waals surface area contributed by atoms with Crippen LogP contribution in [0.1, 0.15) is 46.1 Å². The molecule has 0 aliphatic heterocycles. The van der Waals surface area contributed by atoms with Crippen LogP contribution in [0.4, 0.5) is 0 Å². The second-order valence-electron chi connectivity index (χ2n) is 10.2. The van der Waals surface area contributed by atoms with Crippen molar-refractivity contribution in [3.05, 3.63) is 94.5 Å². The molecule has 3 rings (SSSR count). The molecule has 0 aliphatic rings. The number of hydrogen-bond acceptors (Lipinski definition) is 2. The molecule has 188 valence electrons.